The third-order valence-corrected chi connectivity index (χ3v) is 4.43. The Morgan fingerprint density at radius 1 is 0.905 bits per heavy atom. The first-order valence-corrected chi connectivity index (χ1v) is 7.91. The van der Waals surface area contributed by atoms with Crippen LogP contribution in [-0.2, 0) is 12.8 Å². The van der Waals surface area contributed by atoms with Crippen LogP contribution < -0.4 is 4.74 Å². The molecule has 0 aromatic heterocycles. The summed E-state index contributed by atoms with van der Waals surface area (Å²) in [5, 5.41) is 0. The van der Waals surface area contributed by atoms with E-state index in [1.54, 1.807) is 7.11 Å². The average molecular weight is 303 g/mol. The van der Waals surface area contributed by atoms with Crippen molar-refractivity contribution in [3.05, 3.63) is 64.7 Å². The molecule has 0 spiro atoms. The van der Waals surface area contributed by atoms with Gasteiger partial charge in [-0.3, -0.25) is 0 Å². The van der Waals surface area contributed by atoms with Crippen LogP contribution in [0.2, 0.25) is 0 Å². The quantitative estimate of drug-likeness (QED) is 0.686. The molecule has 0 aliphatic heterocycles. The highest BCUT2D eigenvalue weighted by molar-refractivity contribution is 6.18. The van der Waals surface area contributed by atoms with Crippen LogP contribution in [0.4, 0.5) is 0 Å². The number of alkyl halides is 1. The van der Waals surface area contributed by atoms with E-state index >= 15 is 0 Å². The highest BCUT2D eigenvalue weighted by Gasteiger charge is 2.10. The second kappa shape index (κ2) is 7.51. The van der Waals surface area contributed by atoms with Crippen LogP contribution in [0.3, 0.4) is 0 Å². The van der Waals surface area contributed by atoms with Crippen molar-refractivity contribution in [1.29, 1.82) is 0 Å². The lowest BCUT2D eigenvalue weighted by atomic mass is 9.92. The zero-order chi connectivity index (χ0) is 15.2. The normalized spacial score (nSPS) is 12.2. The molecule has 2 heteroatoms. The number of aryl methyl sites for hydroxylation is 2. The van der Waals surface area contributed by atoms with Crippen molar-refractivity contribution in [3.63, 3.8) is 0 Å². The predicted molar refractivity (Wildman–Crippen MR) is 90.5 cm³/mol. The van der Waals surface area contributed by atoms with E-state index in [2.05, 4.69) is 44.2 Å². The molecule has 0 radical (unpaired) electrons. The topological polar surface area (TPSA) is 9.23 Å². The van der Waals surface area contributed by atoms with Crippen LogP contribution >= 0.6 is 11.6 Å². The number of hydrogen-bond donors (Lipinski definition) is 0. The number of hydrogen-bond acceptors (Lipinski definition) is 1. The summed E-state index contributed by atoms with van der Waals surface area (Å²) in [4.78, 5) is 0. The van der Waals surface area contributed by atoms with Gasteiger partial charge < -0.3 is 4.74 Å². The van der Waals surface area contributed by atoms with Gasteiger partial charge in [0.15, 0.2) is 0 Å². The SMILES string of the molecule is COc1ccc(CC(CCl)Cc2ccc(C)c(C)c2)cc1. The van der Waals surface area contributed by atoms with Crippen molar-refractivity contribution in [2.45, 2.75) is 26.7 Å². The zero-order valence-corrected chi connectivity index (χ0v) is 13.8. The summed E-state index contributed by atoms with van der Waals surface area (Å²) in [5.74, 6) is 2.04. The number of methoxy groups -OCH3 is 1. The van der Waals surface area contributed by atoms with E-state index in [9.17, 15) is 0 Å². The van der Waals surface area contributed by atoms with Gasteiger partial charge in [0.2, 0.25) is 0 Å². The van der Waals surface area contributed by atoms with Crippen molar-refractivity contribution in [2.24, 2.45) is 5.92 Å². The van der Waals surface area contributed by atoms with Crippen LogP contribution in [0.15, 0.2) is 42.5 Å². The van der Waals surface area contributed by atoms with Gasteiger partial charge >= 0.3 is 0 Å². The molecule has 2 aromatic carbocycles. The Morgan fingerprint density at radius 3 is 2.10 bits per heavy atom. The third kappa shape index (κ3) is 4.50. The monoisotopic (exact) mass is 302 g/mol. The fraction of sp³-hybridized carbons (Fsp3) is 0.368. The van der Waals surface area contributed by atoms with Crippen LogP contribution in [-0.4, -0.2) is 13.0 Å². The van der Waals surface area contributed by atoms with Crippen molar-refractivity contribution in [1.82, 2.24) is 0 Å². The molecular formula is C19H23ClO. The third-order valence-electron chi connectivity index (χ3n) is 4.00. The maximum absolute atomic E-state index is 6.17. The highest BCUT2D eigenvalue weighted by atomic mass is 35.5. The largest absolute Gasteiger partial charge is 0.497 e. The first-order valence-electron chi connectivity index (χ1n) is 7.37. The number of halogens is 1. The van der Waals surface area contributed by atoms with Gasteiger partial charge in [0, 0.05) is 5.88 Å². The fourth-order valence-electron chi connectivity index (χ4n) is 2.54. The van der Waals surface area contributed by atoms with Gasteiger partial charge in [0.1, 0.15) is 5.75 Å². The smallest absolute Gasteiger partial charge is 0.118 e. The average Bonchev–Trinajstić information content (AvgIpc) is 2.51. The minimum atomic E-state index is 0.460. The van der Waals surface area contributed by atoms with Gasteiger partial charge in [-0.1, -0.05) is 30.3 Å². The molecule has 0 bridgehead atoms. The molecule has 0 saturated heterocycles. The summed E-state index contributed by atoms with van der Waals surface area (Å²) in [6, 6.07) is 15.0. The zero-order valence-electron chi connectivity index (χ0n) is 13.0. The minimum Gasteiger partial charge on any atom is -0.497 e. The molecule has 1 unspecified atom stereocenters. The Bertz CT molecular complexity index is 575. The molecule has 0 N–H and O–H groups in total. The molecule has 1 nitrogen and oxygen atoms in total. The molecule has 0 heterocycles. The summed E-state index contributed by atoms with van der Waals surface area (Å²) >= 11 is 6.17. The van der Waals surface area contributed by atoms with Gasteiger partial charge in [-0.25, -0.2) is 0 Å². The summed E-state index contributed by atoms with van der Waals surface area (Å²) < 4.78 is 5.19. The summed E-state index contributed by atoms with van der Waals surface area (Å²) in [7, 11) is 1.69. The second-order valence-corrected chi connectivity index (χ2v) is 6.00. The summed E-state index contributed by atoms with van der Waals surface area (Å²) in [6.07, 6.45) is 2.02. The molecule has 21 heavy (non-hydrogen) atoms. The van der Waals surface area contributed by atoms with E-state index in [-0.39, 0.29) is 0 Å². The van der Waals surface area contributed by atoms with E-state index in [0.29, 0.717) is 11.8 Å². The van der Waals surface area contributed by atoms with Crippen LogP contribution in [0.5, 0.6) is 5.75 Å². The maximum Gasteiger partial charge on any atom is 0.118 e. The van der Waals surface area contributed by atoms with Crippen molar-refractivity contribution in [3.8, 4) is 5.75 Å². The molecule has 0 aliphatic rings. The lowest BCUT2D eigenvalue weighted by molar-refractivity contribution is 0.414. The number of ether oxygens (including phenoxy) is 1. The van der Waals surface area contributed by atoms with E-state index in [1.165, 1.54) is 22.3 Å². The van der Waals surface area contributed by atoms with Crippen LogP contribution in [0.25, 0.3) is 0 Å². The van der Waals surface area contributed by atoms with Crippen molar-refractivity contribution >= 4 is 11.6 Å². The van der Waals surface area contributed by atoms with Gasteiger partial charge in [0.25, 0.3) is 0 Å². The molecule has 112 valence electrons. The minimum absolute atomic E-state index is 0.460. The fourth-order valence-corrected chi connectivity index (χ4v) is 2.76. The first-order chi connectivity index (χ1) is 10.1. The van der Waals surface area contributed by atoms with Gasteiger partial charge in [-0.2, -0.15) is 0 Å². The van der Waals surface area contributed by atoms with E-state index in [4.69, 9.17) is 16.3 Å². The Morgan fingerprint density at radius 2 is 1.52 bits per heavy atom. The van der Waals surface area contributed by atoms with Crippen molar-refractivity contribution in [2.75, 3.05) is 13.0 Å². The maximum atomic E-state index is 6.17. The Kier molecular flexibility index (Phi) is 5.69. The van der Waals surface area contributed by atoms with Crippen LogP contribution in [0, 0.1) is 19.8 Å². The molecule has 0 saturated carbocycles. The van der Waals surface area contributed by atoms with E-state index in [0.717, 1.165) is 18.6 Å². The lowest BCUT2D eigenvalue weighted by Gasteiger charge is -2.15. The second-order valence-electron chi connectivity index (χ2n) is 5.70. The number of rotatable bonds is 6. The highest BCUT2D eigenvalue weighted by Crippen LogP contribution is 2.20. The summed E-state index contributed by atoms with van der Waals surface area (Å²) in [6.45, 7) is 4.31. The Hall–Kier alpha value is -1.47. The molecule has 0 amide bonds. The molecule has 2 rings (SSSR count). The van der Waals surface area contributed by atoms with Crippen LogP contribution in [0.1, 0.15) is 22.3 Å². The molecule has 2 aromatic rings. The lowest BCUT2D eigenvalue weighted by Crippen LogP contribution is -2.10. The molecule has 0 aliphatic carbocycles. The summed E-state index contributed by atoms with van der Waals surface area (Å²) in [5.41, 5.74) is 5.38. The first kappa shape index (κ1) is 15.9. The molecule has 0 fully saturated rings. The van der Waals surface area contributed by atoms with Gasteiger partial charge in [-0.05, 0) is 67.0 Å². The Balaban J connectivity index is 2.03. The van der Waals surface area contributed by atoms with Gasteiger partial charge in [0.05, 0.1) is 7.11 Å². The predicted octanol–water partition coefficient (Wildman–Crippen LogP) is 4.95. The van der Waals surface area contributed by atoms with E-state index in [1.807, 2.05) is 12.1 Å². The number of benzene rings is 2. The van der Waals surface area contributed by atoms with Gasteiger partial charge in [-0.15, -0.1) is 11.6 Å². The molecule has 1 atom stereocenters. The standard InChI is InChI=1S/C19H23ClO/c1-14-4-5-17(10-15(14)2)12-18(13-20)11-16-6-8-19(21-3)9-7-16/h4-10,18H,11-13H2,1-3H3. The Labute approximate surface area is 132 Å². The molecular weight excluding hydrogens is 280 g/mol. The van der Waals surface area contributed by atoms with Crippen molar-refractivity contribution < 1.29 is 4.74 Å². The van der Waals surface area contributed by atoms with E-state index < -0.39 is 0 Å².